The van der Waals surface area contributed by atoms with Crippen molar-refractivity contribution < 1.29 is 4.79 Å². The van der Waals surface area contributed by atoms with Crippen molar-refractivity contribution in [3.63, 3.8) is 0 Å². The normalized spacial score (nSPS) is 19.3. The Balaban J connectivity index is 1.69. The summed E-state index contributed by atoms with van der Waals surface area (Å²) in [5, 5.41) is 3.55. The zero-order chi connectivity index (χ0) is 13.2. The summed E-state index contributed by atoms with van der Waals surface area (Å²) in [7, 11) is 0. The SMILES string of the molecule is C=CC1CC(=O)N(CCc2csc3ccccc23)C1. The van der Waals surface area contributed by atoms with Crippen LogP contribution in [0.25, 0.3) is 10.1 Å². The zero-order valence-corrected chi connectivity index (χ0v) is 11.7. The van der Waals surface area contributed by atoms with Gasteiger partial charge in [-0.25, -0.2) is 0 Å². The molecule has 1 aliphatic heterocycles. The molecule has 1 saturated heterocycles. The fourth-order valence-corrected chi connectivity index (χ4v) is 3.66. The van der Waals surface area contributed by atoms with Gasteiger partial charge in [-0.2, -0.15) is 0 Å². The van der Waals surface area contributed by atoms with Gasteiger partial charge in [0.2, 0.25) is 5.91 Å². The summed E-state index contributed by atoms with van der Waals surface area (Å²) in [5.74, 6) is 0.608. The summed E-state index contributed by atoms with van der Waals surface area (Å²) in [4.78, 5) is 13.8. The van der Waals surface area contributed by atoms with Gasteiger partial charge in [-0.15, -0.1) is 17.9 Å². The number of hydrogen-bond acceptors (Lipinski definition) is 2. The van der Waals surface area contributed by atoms with Crippen molar-refractivity contribution >= 4 is 27.3 Å². The summed E-state index contributed by atoms with van der Waals surface area (Å²) >= 11 is 1.78. The van der Waals surface area contributed by atoms with Gasteiger partial charge in [0.25, 0.3) is 0 Å². The van der Waals surface area contributed by atoms with Gasteiger partial charge in [-0.3, -0.25) is 4.79 Å². The van der Waals surface area contributed by atoms with Crippen molar-refractivity contribution in [1.82, 2.24) is 4.90 Å². The molecule has 98 valence electrons. The van der Waals surface area contributed by atoms with Crippen molar-refractivity contribution in [1.29, 1.82) is 0 Å². The highest BCUT2D eigenvalue weighted by molar-refractivity contribution is 7.17. The maximum absolute atomic E-state index is 11.8. The molecule has 3 heteroatoms. The Hall–Kier alpha value is -1.61. The predicted molar refractivity (Wildman–Crippen MR) is 80.4 cm³/mol. The molecule has 1 amide bonds. The highest BCUT2D eigenvalue weighted by atomic mass is 32.1. The van der Waals surface area contributed by atoms with Gasteiger partial charge in [0.15, 0.2) is 0 Å². The van der Waals surface area contributed by atoms with Crippen LogP contribution in [-0.4, -0.2) is 23.9 Å². The molecule has 1 aromatic heterocycles. The lowest BCUT2D eigenvalue weighted by Gasteiger charge is -2.15. The molecule has 2 nitrogen and oxygen atoms in total. The van der Waals surface area contributed by atoms with Gasteiger partial charge in [0, 0.05) is 30.1 Å². The number of carbonyl (C=O) groups excluding carboxylic acids is 1. The van der Waals surface area contributed by atoms with Gasteiger partial charge in [0.05, 0.1) is 0 Å². The Morgan fingerprint density at radius 3 is 3.05 bits per heavy atom. The number of thiophene rings is 1. The van der Waals surface area contributed by atoms with Crippen LogP contribution < -0.4 is 0 Å². The molecule has 0 aliphatic carbocycles. The predicted octanol–water partition coefficient (Wildman–Crippen LogP) is 3.48. The Bertz CT molecular complexity index is 616. The van der Waals surface area contributed by atoms with Crippen LogP contribution in [0.15, 0.2) is 42.3 Å². The zero-order valence-electron chi connectivity index (χ0n) is 10.8. The molecule has 1 atom stereocenters. The number of hydrogen-bond donors (Lipinski definition) is 0. The third kappa shape index (κ3) is 2.43. The summed E-state index contributed by atoms with van der Waals surface area (Å²) in [6, 6.07) is 8.46. The van der Waals surface area contributed by atoms with E-state index in [-0.39, 0.29) is 5.91 Å². The third-order valence-corrected chi connectivity index (χ3v) is 4.80. The number of carbonyl (C=O) groups is 1. The smallest absolute Gasteiger partial charge is 0.223 e. The maximum Gasteiger partial charge on any atom is 0.223 e. The lowest BCUT2D eigenvalue weighted by atomic mass is 10.1. The molecule has 1 aliphatic rings. The minimum Gasteiger partial charge on any atom is -0.342 e. The number of benzene rings is 1. The summed E-state index contributed by atoms with van der Waals surface area (Å²) in [5.41, 5.74) is 1.36. The van der Waals surface area contributed by atoms with E-state index in [2.05, 4.69) is 36.2 Å². The molecule has 1 aromatic carbocycles. The Labute approximate surface area is 117 Å². The molecule has 1 unspecified atom stereocenters. The van der Waals surface area contributed by atoms with E-state index in [0.717, 1.165) is 19.5 Å². The van der Waals surface area contributed by atoms with Crippen molar-refractivity contribution in [3.05, 3.63) is 47.9 Å². The molecule has 0 N–H and O–H groups in total. The molecule has 19 heavy (non-hydrogen) atoms. The van der Waals surface area contributed by atoms with Crippen molar-refractivity contribution in [2.24, 2.45) is 5.92 Å². The van der Waals surface area contributed by atoms with E-state index < -0.39 is 0 Å². The van der Waals surface area contributed by atoms with Gasteiger partial charge in [-0.05, 0) is 28.8 Å². The molecular formula is C16H17NOS. The van der Waals surface area contributed by atoms with E-state index in [1.165, 1.54) is 15.6 Å². The molecule has 0 radical (unpaired) electrons. The van der Waals surface area contributed by atoms with Crippen LogP contribution in [0, 0.1) is 5.92 Å². The Morgan fingerprint density at radius 1 is 1.42 bits per heavy atom. The topological polar surface area (TPSA) is 20.3 Å². The first-order valence-corrected chi connectivity index (χ1v) is 7.51. The first-order chi connectivity index (χ1) is 9.28. The van der Waals surface area contributed by atoms with Gasteiger partial charge in [-0.1, -0.05) is 24.3 Å². The summed E-state index contributed by atoms with van der Waals surface area (Å²) in [6.45, 7) is 5.45. The highest BCUT2D eigenvalue weighted by Crippen LogP contribution is 2.27. The fourth-order valence-electron chi connectivity index (χ4n) is 2.66. The molecule has 0 bridgehead atoms. The number of rotatable bonds is 4. The first-order valence-electron chi connectivity index (χ1n) is 6.63. The summed E-state index contributed by atoms with van der Waals surface area (Å²) < 4.78 is 1.33. The van der Waals surface area contributed by atoms with E-state index in [9.17, 15) is 4.79 Å². The van der Waals surface area contributed by atoms with Crippen LogP contribution in [0.1, 0.15) is 12.0 Å². The number of fused-ring (bicyclic) bond motifs is 1. The molecule has 0 saturated carbocycles. The van der Waals surface area contributed by atoms with E-state index >= 15 is 0 Å². The monoisotopic (exact) mass is 271 g/mol. The summed E-state index contributed by atoms with van der Waals surface area (Å²) in [6.07, 6.45) is 3.48. The van der Waals surface area contributed by atoms with E-state index in [4.69, 9.17) is 0 Å². The molecule has 2 heterocycles. The van der Waals surface area contributed by atoms with E-state index in [0.29, 0.717) is 12.3 Å². The number of amides is 1. The van der Waals surface area contributed by atoms with E-state index in [1.807, 2.05) is 11.0 Å². The Morgan fingerprint density at radius 2 is 2.26 bits per heavy atom. The second-order valence-electron chi connectivity index (χ2n) is 5.05. The lowest BCUT2D eigenvalue weighted by Crippen LogP contribution is -2.27. The van der Waals surface area contributed by atoms with Crippen LogP contribution in [0.2, 0.25) is 0 Å². The average Bonchev–Trinajstić information content (AvgIpc) is 3.00. The molecule has 1 fully saturated rings. The number of likely N-dealkylation sites (tertiary alicyclic amines) is 1. The standard InChI is InChI=1S/C16H17NOS/c1-2-12-9-16(18)17(10-12)8-7-13-11-19-15-6-4-3-5-14(13)15/h2-6,11-12H,1,7-10H2. The van der Waals surface area contributed by atoms with E-state index in [1.54, 1.807) is 11.3 Å². The lowest BCUT2D eigenvalue weighted by molar-refractivity contribution is -0.127. The molecule has 2 aromatic rings. The Kier molecular flexibility index (Phi) is 3.38. The first kappa shape index (κ1) is 12.4. The molecule has 0 spiro atoms. The molecule has 3 rings (SSSR count). The van der Waals surface area contributed by atoms with Crippen molar-refractivity contribution in [3.8, 4) is 0 Å². The minimum atomic E-state index is 0.268. The second-order valence-corrected chi connectivity index (χ2v) is 5.96. The van der Waals surface area contributed by atoms with Gasteiger partial charge in [0.1, 0.15) is 0 Å². The fraction of sp³-hybridized carbons (Fsp3) is 0.312. The minimum absolute atomic E-state index is 0.268. The quantitative estimate of drug-likeness (QED) is 0.780. The van der Waals surface area contributed by atoms with Gasteiger partial charge >= 0.3 is 0 Å². The largest absolute Gasteiger partial charge is 0.342 e. The van der Waals surface area contributed by atoms with Crippen LogP contribution in [-0.2, 0) is 11.2 Å². The van der Waals surface area contributed by atoms with Crippen molar-refractivity contribution in [2.45, 2.75) is 12.8 Å². The van der Waals surface area contributed by atoms with Crippen LogP contribution in [0.4, 0.5) is 0 Å². The van der Waals surface area contributed by atoms with Crippen LogP contribution in [0.3, 0.4) is 0 Å². The highest BCUT2D eigenvalue weighted by Gasteiger charge is 2.27. The maximum atomic E-state index is 11.8. The van der Waals surface area contributed by atoms with Gasteiger partial charge < -0.3 is 4.90 Å². The number of nitrogens with zero attached hydrogens (tertiary/aromatic N) is 1. The molecular weight excluding hydrogens is 254 g/mol. The van der Waals surface area contributed by atoms with Crippen LogP contribution in [0.5, 0.6) is 0 Å². The third-order valence-electron chi connectivity index (χ3n) is 3.79. The van der Waals surface area contributed by atoms with Crippen LogP contribution >= 0.6 is 11.3 Å². The second kappa shape index (κ2) is 5.17. The average molecular weight is 271 g/mol. The van der Waals surface area contributed by atoms with Crippen molar-refractivity contribution in [2.75, 3.05) is 13.1 Å².